The van der Waals surface area contributed by atoms with E-state index < -0.39 is 0 Å². The molecule has 0 spiro atoms. The first kappa shape index (κ1) is 12.1. The van der Waals surface area contributed by atoms with E-state index in [9.17, 15) is 4.39 Å². The van der Waals surface area contributed by atoms with Crippen LogP contribution in [0.15, 0.2) is 18.2 Å². The highest BCUT2D eigenvalue weighted by Gasteiger charge is 2.17. The molecule has 0 fully saturated rings. The topological polar surface area (TPSA) is 38.5 Å². The lowest BCUT2D eigenvalue weighted by molar-refractivity contribution is 0.307. The van der Waals surface area contributed by atoms with Gasteiger partial charge in [0.05, 0.1) is 12.2 Å². The SMILES string of the molecule is Cl.NCCN1CCOc2ccc(F)cc21. The molecular formula is C10H14ClFN2O. The van der Waals surface area contributed by atoms with Gasteiger partial charge in [-0.3, -0.25) is 0 Å². The minimum absolute atomic E-state index is 0. The summed E-state index contributed by atoms with van der Waals surface area (Å²) in [5.41, 5.74) is 6.29. The van der Waals surface area contributed by atoms with Crippen molar-refractivity contribution < 1.29 is 9.13 Å². The summed E-state index contributed by atoms with van der Waals surface area (Å²) in [4.78, 5) is 2.04. The zero-order valence-electron chi connectivity index (χ0n) is 8.28. The highest BCUT2D eigenvalue weighted by molar-refractivity contribution is 5.85. The van der Waals surface area contributed by atoms with Crippen molar-refractivity contribution >= 4 is 18.1 Å². The molecule has 84 valence electrons. The first-order valence-corrected chi connectivity index (χ1v) is 4.68. The molecule has 0 aliphatic carbocycles. The monoisotopic (exact) mass is 232 g/mol. The van der Waals surface area contributed by atoms with Crippen LogP contribution in [0.2, 0.25) is 0 Å². The van der Waals surface area contributed by atoms with Crippen molar-refractivity contribution in [1.82, 2.24) is 0 Å². The number of anilines is 1. The summed E-state index contributed by atoms with van der Waals surface area (Å²) < 4.78 is 18.4. The maximum absolute atomic E-state index is 13.0. The molecule has 0 aromatic heterocycles. The van der Waals surface area contributed by atoms with Gasteiger partial charge in [0.2, 0.25) is 0 Å². The highest BCUT2D eigenvalue weighted by atomic mass is 35.5. The van der Waals surface area contributed by atoms with Crippen LogP contribution in [0, 0.1) is 5.82 Å². The van der Waals surface area contributed by atoms with Crippen LogP contribution in [0.25, 0.3) is 0 Å². The minimum atomic E-state index is -0.240. The van der Waals surface area contributed by atoms with Gasteiger partial charge in [-0.25, -0.2) is 4.39 Å². The van der Waals surface area contributed by atoms with E-state index in [2.05, 4.69) is 0 Å². The first-order chi connectivity index (χ1) is 6.81. The molecule has 0 atom stereocenters. The zero-order valence-corrected chi connectivity index (χ0v) is 9.10. The second kappa shape index (κ2) is 5.19. The van der Waals surface area contributed by atoms with Gasteiger partial charge in [-0.05, 0) is 12.1 Å². The third kappa shape index (κ3) is 2.52. The van der Waals surface area contributed by atoms with E-state index in [1.165, 1.54) is 12.1 Å². The Labute approximate surface area is 94.4 Å². The van der Waals surface area contributed by atoms with Crippen LogP contribution >= 0.6 is 12.4 Å². The molecule has 1 aromatic carbocycles. The fourth-order valence-corrected chi connectivity index (χ4v) is 1.63. The average Bonchev–Trinajstić information content (AvgIpc) is 2.19. The number of ether oxygens (including phenoxy) is 1. The molecule has 2 rings (SSSR count). The first-order valence-electron chi connectivity index (χ1n) is 4.68. The van der Waals surface area contributed by atoms with Crippen molar-refractivity contribution in [1.29, 1.82) is 0 Å². The summed E-state index contributed by atoms with van der Waals surface area (Å²) in [7, 11) is 0. The maximum Gasteiger partial charge on any atom is 0.142 e. The lowest BCUT2D eigenvalue weighted by Crippen LogP contribution is -2.36. The van der Waals surface area contributed by atoms with E-state index in [-0.39, 0.29) is 18.2 Å². The van der Waals surface area contributed by atoms with E-state index >= 15 is 0 Å². The summed E-state index contributed by atoms with van der Waals surface area (Å²) >= 11 is 0. The molecular weight excluding hydrogens is 219 g/mol. The Morgan fingerprint density at radius 3 is 3.00 bits per heavy atom. The van der Waals surface area contributed by atoms with E-state index in [0.717, 1.165) is 24.5 Å². The quantitative estimate of drug-likeness (QED) is 0.838. The minimum Gasteiger partial charge on any atom is -0.490 e. The van der Waals surface area contributed by atoms with E-state index in [1.807, 2.05) is 4.90 Å². The molecule has 0 radical (unpaired) electrons. The molecule has 0 saturated heterocycles. The molecule has 1 aliphatic rings. The molecule has 0 saturated carbocycles. The summed E-state index contributed by atoms with van der Waals surface area (Å²) in [5.74, 6) is 0.502. The van der Waals surface area contributed by atoms with Crippen LogP contribution in [-0.4, -0.2) is 26.2 Å². The van der Waals surface area contributed by atoms with Crippen molar-refractivity contribution in [3.8, 4) is 5.75 Å². The number of rotatable bonds is 2. The smallest absolute Gasteiger partial charge is 0.142 e. The van der Waals surface area contributed by atoms with Gasteiger partial charge in [-0.15, -0.1) is 12.4 Å². The molecule has 1 aromatic rings. The Morgan fingerprint density at radius 2 is 2.27 bits per heavy atom. The second-order valence-electron chi connectivity index (χ2n) is 3.24. The summed E-state index contributed by atoms with van der Waals surface area (Å²) in [6.45, 7) is 2.71. The third-order valence-electron chi connectivity index (χ3n) is 2.28. The van der Waals surface area contributed by atoms with E-state index in [4.69, 9.17) is 10.5 Å². The van der Waals surface area contributed by atoms with Gasteiger partial charge in [-0.1, -0.05) is 0 Å². The predicted octanol–water partition coefficient (Wildman–Crippen LogP) is 1.40. The Kier molecular flexibility index (Phi) is 4.17. The Bertz CT molecular complexity index is 335. The van der Waals surface area contributed by atoms with Gasteiger partial charge in [-0.2, -0.15) is 0 Å². The van der Waals surface area contributed by atoms with Crippen LogP contribution in [-0.2, 0) is 0 Å². The number of hydrogen-bond acceptors (Lipinski definition) is 3. The summed E-state index contributed by atoms with van der Waals surface area (Å²) in [6, 6.07) is 4.56. The van der Waals surface area contributed by atoms with Gasteiger partial charge >= 0.3 is 0 Å². The number of halogens is 2. The van der Waals surface area contributed by atoms with E-state index in [0.29, 0.717) is 13.2 Å². The molecule has 2 N–H and O–H groups in total. The molecule has 15 heavy (non-hydrogen) atoms. The van der Waals surface area contributed by atoms with Crippen LogP contribution in [0.1, 0.15) is 0 Å². The molecule has 1 heterocycles. The second-order valence-corrected chi connectivity index (χ2v) is 3.24. The fourth-order valence-electron chi connectivity index (χ4n) is 1.63. The number of hydrogen-bond donors (Lipinski definition) is 1. The molecule has 5 heteroatoms. The maximum atomic E-state index is 13.0. The number of fused-ring (bicyclic) bond motifs is 1. The molecule has 0 bridgehead atoms. The lowest BCUT2D eigenvalue weighted by atomic mass is 10.2. The van der Waals surface area contributed by atoms with Gasteiger partial charge < -0.3 is 15.4 Å². The molecule has 0 amide bonds. The van der Waals surface area contributed by atoms with Gasteiger partial charge in [0.1, 0.15) is 18.2 Å². The average molecular weight is 233 g/mol. The Morgan fingerprint density at radius 1 is 1.47 bits per heavy atom. The lowest BCUT2D eigenvalue weighted by Gasteiger charge is -2.30. The third-order valence-corrected chi connectivity index (χ3v) is 2.28. The van der Waals surface area contributed by atoms with Crippen molar-refractivity contribution in [3.05, 3.63) is 24.0 Å². The normalized spacial score (nSPS) is 13.9. The van der Waals surface area contributed by atoms with Crippen LogP contribution < -0.4 is 15.4 Å². The van der Waals surface area contributed by atoms with Crippen molar-refractivity contribution in [3.63, 3.8) is 0 Å². The summed E-state index contributed by atoms with van der Waals surface area (Å²) in [6.07, 6.45) is 0. The van der Waals surface area contributed by atoms with Crippen LogP contribution in [0.4, 0.5) is 10.1 Å². The van der Waals surface area contributed by atoms with Crippen molar-refractivity contribution in [2.24, 2.45) is 5.73 Å². The largest absolute Gasteiger partial charge is 0.490 e. The van der Waals surface area contributed by atoms with Crippen LogP contribution in [0.3, 0.4) is 0 Å². The standard InChI is InChI=1S/C10H13FN2O.ClH/c11-8-1-2-10-9(7-8)13(4-3-12)5-6-14-10;/h1-2,7H,3-6,12H2;1H. The predicted molar refractivity (Wildman–Crippen MR) is 60.4 cm³/mol. The van der Waals surface area contributed by atoms with Crippen molar-refractivity contribution in [2.75, 3.05) is 31.1 Å². The van der Waals surface area contributed by atoms with Crippen molar-refractivity contribution in [2.45, 2.75) is 0 Å². The van der Waals surface area contributed by atoms with Crippen LogP contribution in [0.5, 0.6) is 5.75 Å². The van der Waals surface area contributed by atoms with Gasteiger partial charge in [0, 0.05) is 19.2 Å². The fraction of sp³-hybridized carbons (Fsp3) is 0.400. The molecule has 1 aliphatic heterocycles. The highest BCUT2D eigenvalue weighted by Crippen LogP contribution is 2.31. The number of benzene rings is 1. The number of nitrogens with zero attached hydrogens (tertiary/aromatic N) is 1. The summed E-state index contributed by atoms with van der Waals surface area (Å²) in [5, 5.41) is 0. The van der Waals surface area contributed by atoms with E-state index in [1.54, 1.807) is 6.07 Å². The molecule has 3 nitrogen and oxygen atoms in total. The van der Waals surface area contributed by atoms with Gasteiger partial charge in [0.15, 0.2) is 0 Å². The Balaban J connectivity index is 0.00000112. The zero-order chi connectivity index (χ0) is 9.97. The molecule has 0 unspecified atom stereocenters. The number of nitrogens with two attached hydrogens (primary N) is 1. The van der Waals surface area contributed by atoms with Gasteiger partial charge in [0.25, 0.3) is 0 Å². The Hall–Kier alpha value is -1.00.